The molecule has 1 fully saturated rings. The zero-order valence-electron chi connectivity index (χ0n) is 18.6. The monoisotopic (exact) mass is 449 g/mol. The van der Waals surface area contributed by atoms with Crippen LogP contribution < -0.4 is 19.9 Å². The minimum atomic E-state index is -0.216. The molecular formula is C22H32ClN5O3. The number of hydrogen-bond donors (Lipinski definition) is 1. The predicted molar refractivity (Wildman–Crippen MR) is 127 cm³/mol. The Kier molecular flexibility index (Phi) is 9.21. The molecular weight excluding hydrogens is 418 g/mol. The van der Waals surface area contributed by atoms with Crippen molar-refractivity contribution in [3.05, 3.63) is 42.1 Å². The van der Waals surface area contributed by atoms with Crippen molar-refractivity contribution in [3.63, 3.8) is 0 Å². The van der Waals surface area contributed by atoms with Gasteiger partial charge in [-0.25, -0.2) is 10.0 Å². The Balaban J connectivity index is 0.00000341. The molecule has 1 aromatic carbocycles. The normalized spacial score (nSPS) is 13.4. The fraction of sp³-hybridized carbons (Fsp3) is 0.455. The molecule has 0 unspecified atom stereocenters. The minimum absolute atomic E-state index is 0. The summed E-state index contributed by atoms with van der Waals surface area (Å²) < 4.78 is 5.52. The third-order valence-corrected chi connectivity index (χ3v) is 5.29. The minimum Gasteiger partial charge on any atom is -0.495 e. The third kappa shape index (κ3) is 5.51. The van der Waals surface area contributed by atoms with Crippen molar-refractivity contribution >= 4 is 35.5 Å². The van der Waals surface area contributed by atoms with Gasteiger partial charge in [0.05, 0.1) is 25.6 Å². The number of hydrogen-bond acceptors (Lipinski definition) is 7. The van der Waals surface area contributed by atoms with Gasteiger partial charge in [0.2, 0.25) is 0 Å². The average Bonchev–Trinajstić information content (AvgIpc) is 2.81. The van der Waals surface area contributed by atoms with E-state index in [4.69, 9.17) is 9.57 Å². The van der Waals surface area contributed by atoms with Gasteiger partial charge in [-0.3, -0.25) is 9.63 Å². The maximum absolute atomic E-state index is 13.1. The summed E-state index contributed by atoms with van der Waals surface area (Å²) in [6.07, 6.45) is 2.70. The quantitative estimate of drug-likeness (QED) is 0.620. The van der Waals surface area contributed by atoms with E-state index in [1.807, 2.05) is 24.3 Å². The number of methoxy groups -OCH3 is 1. The summed E-state index contributed by atoms with van der Waals surface area (Å²) in [5, 5.41) is 4.52. The summed E-state index contributed by atoms with van der Waals surface area (Å²) >= 11 is 0. The summed E-state index contributed by atoms with van der Waals surface area (Å²) in [7, 11) is 4.79. The lowest BCUT2D eigenvalue weighted by Crippen LogP contribution is -2.47. The molecule has 8 nitrogen and oxygen atoms in total. The van der Waals surface area contributed by atoms with E-state index in [0.717, 1.165) is 56.3 Å². The van der Waals surface area contributed by atoms with Gasteiger partial charge in [-0.15, -0.1) is 12.4 Å². The molecule has 1 saturated heterocycles. The molecule has 170 valence electrons. The Morgan fingerprint density at radius 3 is 2.35 bits per heavy atom. The lowest BCUT2D eigenvalue weighted by atomic mass is 10.1. The fourth-order valence-electron chi connectivity index (χ4n) is 3.62. The average molecular weight is 450 g/mol. The number of nitrogens with zero attached hydrogens (tertiary/aromatic N) is 4. The number of carbonyl (C=O) groups excluding carboxylic acids is 1. The number of ether oxygens (including phenoxy) is 1. The molecule has 1 aromatic heterocycles. The fourth-order valence-corrected chi connectivity index (χ4v) is 3.62. The van der Waals surface area contributed by atoms with Gasteiger partial charge in [0.25, 0.3) is 5.91 Å². The number of rotatable bonds is 8. The van der Waals surface area contributed by atoms with E-state index < -0.39 is 0 Å². The van der Waals surface area contributed by atoms with E-state index in [2.05, 4.69) is 33.1 Å². The van der Waals surface area contributed by atoms with Crippen LogP contribution in [0.25, 0.3) is 0 Å². The van der Waals surface area contributed by atoms with Gasteiger partial charge >= 0.3 is 0 Å². The molecule has 1 aliphatic heterocycles. The van der Waals surface area contributed by atoms with Crippen LogP contribution in [0.3, 0.4) is 0 Å². The lowest BCUT2D eigenvalue weighted by molar-refractivity contribution is -0.0756. The Labute approximate surface area is 190 Å². The highest BCUT2D eigenvalue weighted by atomic mass is 35.5. The van der Waals surface area contributed by atoms with E-state index in [9.17, 15) is 4.79 Å². The number of anilines is 3. The van der Waals surface area contributed by atoms with E-state index in [-0.39, 0.29) is 18.3 Å². The molecule has 0 aliphatic carbocycles. The number of benzene rings is 1. The van der Waals surface area contributed by atoms with Crippen molar-refractivity contribution in [2.24, 2.45) is 0 Å². The number of aromatic nitrogens is 1. The molecule has 31 heavy (non-hydrogen) atoms. The Morgan fingerprint density at radius 2 is 1.74 bits per heavy atom. The first-order valence-corrected chi connectivity index (χ1v) is 10.3. The van der Waals surface area contributed by atoms with Crippen molar-refractivity contribution in [3.8, 4) is 5.75 Å². The molecule has 1 amide bonds. The molecule has 0 radical (unpaired) electrons. The van der Waals surface area contributed by atoms with Crippen LogP contribution in [0.2, 0.25) is 0 Å². The summed E-state index contributed by atoms with van der Waals surface area (Å²) in [5.74, 6) is 1.25. The molecule has 0 spiro atoms. The number of pyridine rings is 1. The van der Waals surface area contributed by atoms with Gasteiger partial charge in [0.15, 0.2) is 0 Å². The summed E-state index contributed by atoms with van der Waals surface area (Å²) in [6.45, 7) is 6.05. The highest BCUT2D eigenvalue weighted by Crippen LogP contribution is 2.32. The van der Waals surface area contributed by atoms with Gasteiger partial charge in [-0.2, -0.15) is 0 Å². The highest BCUT2D eigenvalue weighted by Gasteiger charge is 2.27. The second kappa shape index (κ2) is 11.6. The molecule has 2 aromatic rings. The smallest absolute Gasteiger partial charge is 0.283 e. The van der Waals surface area contributed by atoms with Crippen molar-refractivity contribution in [1.29, 1.82) is 0 Å². The molecule has 1 aliphatic rings. The van der Waals surface area contributed by atoms with Gasteiger partial charge in [0, 0.05) is 46.0 Å². The molecule has 3 rings (SSSR count). The topological polar surface area (TPSA) is 70.2 Å². The van der Waals surface area contributed by atoms with Crippen LogP contribution >= 0.6 is 12.4 Å². The highest BCUT2D eigenvalue weighted by molar-refractivity contribution is 6.03. The number of amides is 1. The van der Waals surface area contributed by atoms with Gasteiger partial charge in [-0.1, -0.05) is 19.1 Å². The zero-order chi connectivity index (χ0) is 21.5. The Hall–Kier alpha value is -2.71. The first-order valence-electron chi connectivity index (χ1n) is 10.3. The van der Waals surface area contributed by atoms with E-state index in [0.29, 0.717) is 11.4 Å². The van der Waals surface area contributed by atoms with Crippen LogP contribution in [0.4, 0.5) is 17.2 Å². The van der Waals surface area contributed by atoms with Crippen molar-refractivity contribution in [2.45, 2.75) is 13.3 Å². The maximum atomic E-state index is 13.1. The molecule has 0 saturated carbocycles. The lowest BCUT2D eigenvalue weighted by Gasteiger charge is -2.38. The second-order valence-electron chi connectivity index (χ2n) is 7.11. The van der Waals surface area contributed by atoms with E-state index in [1.165, 1.54) is 12.2 Å². The van der Waals surface area contributed by atoms with Gasteiger partial charge in [-0.05, 0) is 24.6 Å². The third-order valence-electron chi connectivity index (χ3n) is 5.29. The van der Waals surface area contributed by atoms with Crippen LogP contribution in [0.15, 0.2) is 36.5 Å². The number of piperazine rings is 1. The standard InChI is InChI=1S/C22H31N5O3.ClH/c1-5-11-23-21-20(22(28)25(2)30-4)18(10-12-24-21)27-15-13-26(14-16-27)17-8-6-7-9-19(17)29-3;/h6-10,12H,5,11,13-16H2,1-4H3,(H,23,24);1H. The maximum Gasteiger partial charge on any atom is 0.283 e. The molecule has 0 atom stereocenters. The van der Waals surface area contributed by atoms with Crippen LogP contribution in [0, 0.1) is 0 Å². The van der Waals surface area contributed by atoms with Gasteiger partial charge < -0.3 is 19.9 Å². The van der Waals surface area contributed by atoms with Crippen molar-refractivity contribution in [1.82, 2.24) is 10.0 Å². The predicted octanol–water partition coefficient (Wildman–Crippen LogP) is 3.29. The number of carbonyl (C=O) groups is 1. The molecule has 1 N–H and O–H groups in total. The van der Waals surface area contributed by atoms with E-state index >= 15 is 0 Å². The largest absolute Gasteiger partial charge is 0.495 e. The first-order chi connectivity index (χ1) is 14.6. The summed E-state index contributed by atoms with van der Waals surface area (Å²) in [6, 6.07) is 9.97. The number of halogens is 1. The van der Waals surface area contributed by atoms with Crippen LogP contribution in [-0.2, 0) is 4.84 Å². The van der Waals surface area contributed by atoms with Crippen LogP contribution in [0.1, 0.15) is 23.7 Å². The molecule has 0 bridgehead atoms. The van der Waals surface area contributed by atoms with Crippen LogP contribution in [-0.4, -0.2) is 69.9 Å². The van der Waals surface area contributed by atoms with Crippen LogP contribution in [0.5, 0.6) is 5.75 Å². The number of hydroxylamine groups is 2. The van der Waals surface area contributed by atoms with Gasteiger partial charge in [0.1, 0.15) is 17.1 Å². The Bertz CT molecular complexity index is 859. The first kappa shape index (κ1) is 24.6. The SMILES string of the molecule is CCCNc1nccc(N2CCN(c3ccccc3OC)CC2)c1C(=O)N(C)OC.Cl. The second-order valence-corrected chi connectivity index (χ2v) is 7.11. The van der Waals surface area contributed by atoms with Crippen molar-refractivity contribution in [2.75, 3.05) is 69.1 Å². The number of para-hydroxylation sites is 2. The number of nitrogens with one attached hydrogen (secondary N) is 1. The van der Waals surface area contributed by atoms with E-state index in [1.54, 1.807) is 20.4 Å². The summed E-state index contributed by atoms with van der Waals surface area (Å²) in [4.78, 5) is 27.2. The van der Waals surface area contributed by atoms with Crippen molar-refractivity contribution < 1.29 is 14.4 Å². The molecule has 9 heteroatoms. The zero-order valence-corrected chi connectivity index (χ0v) is 19.4. The summed E-state index contributed by atoms with van der Waals surface area (Å²) in [5.41, 5.74) is 2.51. The Morgan fingerprint density at radius 1 is 1.10 bits per heavy atom. The molecule has 2 heterocycles.